The van der Waals surface area contributed by atoms with Crippen LogP contribution in [0, 0.1) is 6.92 Å². The maximum absolute atomic E-state index is 10.8. The number of allylic oxidation sites excluding steroid dienone is 1. The molecule has 2 aromatic carbocycles. The number of rotatable bonds is 5. The van der Waals surface area contributed by atoms with Crippen molar-refractivity contribution in [3.63, 3.8) is 0 Å². The number of amides is 2. The third kappa shape index (κ3) is 9.26. The van der Waals surface area contributed by atoms with Crippen LogP contribution in [0.4, 0.5) is 0 Å². The van der Waals surface area contributed by atoms with E-state index in [4.69, 9.17) is 5.73 Å². The number of hydrazone groups is 1. The number of fused-ring (bicyclic) bond motifs is 1. The molecule has 0 aliphatic carbocycles. The van der Waals surface area contributed by atoms with Crippen molar-refractivity contribution >= 4 is 28.6 Å². The largest absolute Gasteiger partial charge is 0.506 e. The maximum Gasteiger partial charge on any atom is 0.248 e. The standard InChI is InChI=1S/C13H18N2O.C9H9N3O.C2H5NO/c1-5-11-6-8-12(9-7-11)13(10(2)16)14-15(3)4;1-5-11-7-3-2-6(9(10)13)4-8(7)12-5;1-2(3)4/h6-9,16H,2,5H2,1,3-4H3;2-4H,1H3,(H2,10,13)(H,11,12);1H3,(H2,3,4)/b14-13+;;. The topological polar surface area (TPSA) is 151 Å². The molecular weight excluding hydrogens is 420 g/mol. The summed E-state index contributed by atoms with van der Waals surface area (Å²) in [7, 11) is 3.62. The SMILES string of the molecule is C=C(O)/C(=N\N(C)C)c1ccc(CC)cc1.CC(N)=O.Cc1nc2ccc(C(N)=O)cc2[nH]1. The van der Waals surface area contributed by atoms with E-state index in [1.807, 2.05) is 45.3 Å². The van der Waals surface area contributed by atoms with Crippen LogP contribution in [0.5, 0.6) is 0 Å². The van der Waals surface area contributed by atoms with Gasteiger partial charge in [-0.3, -0.25) is 9.59 Å². The van der Waals surface area contributed by atoms with E-state index < -0.39 is 5.91 Å². The van der Waals surface area contributed by atoms with E-state index in [0.29, 0.717) is 11.3 Å². The Morgan fingerprint density at radius 3 is 2.12 bits per heavy atom. The number of aromatic amines is 1. The van der Waals surface area contributed by atoms with E-state index in [0.717, 1.165) is 28.8 Å². The van der Waals surface area contributed by atoms with E-state index in [2.05, 4.69) is 34.3 Å². The second kappa shape index (κ2) is 12.7. The summed E-state index contributed by atoms with van der Waals surface area (Å²) in [4.78, 5) is 27.3. The molecule has 0 saturated heterocycles. The Balaban J connectivity index is 0.000000288. The molecule has 2 amide bonds. The fourth-order valence-corrected chi connectivity index (χ4v) is 2.67. The minimum atomic E-state index is -0.422. The summed E-state index contributed by atoms with van der Waals surface area (Å²) < 4.78 is 0. The Morgan fingerprint density at radius 1 is 1.12 bits per heavy atom. The molecule has 1 aromatic heterocycles. The van der Waals surface area contributed by atoms with Gasteiger partial charge >= 0.3 is 0 Å². The Hall–Kier alpha value is -4.14. The molecule has 1 heterocycles. The van der Waals surface area contributed by atoms with Crippen LogP contribution in [-0.2, 0) is 11.2 Å². The molecule has 0 atom stereocenters. The number of nitrogens with one attached hydrogen (secondary N) is 1. The molecule has 9 heteroatoms. The van der Waals surface area contributed by atoms with E-state index >= 15 is 0 Å². The van der Waals surface area contributed by atoms with E-state index in [9.17, 15) is 14.7 Å². The van der Waals surface area contributed by atoms with Crippen LogP contribution in [0.3, 0.4) is 0 Å². The fraction of sp³-hybridized carbons (Fsp3) is 0.250. The lowest BCUT2D eigenvalue weighted by Crippen LogP contribution is -2.12. The highest BCUT2D eigenvalue weighted by atomic mass is 16.3. The van der Waals surface area contributed by atoms with Gasteiger partial charge in [0.05, 0.1) is 11.0 Å². The van der Waals surface area contributed by atoms with Gasteiger partial charge in [-0.15, -0.1) is 0 Å². The highest BCUT2D eigenvalue weighted by molar-refractivity contribution is 6.10. The third-order valence-electron chi connectivity index (χ3n) is 4.09. The summed E-state index contributed by atoms with van der Waals surface area (Å²) in [6, 6.07) is 13.1. The second-order valence-corrected chi connectivity index (χ2v) is 7.32. The number of H-pyrrole nitrogens is 1. The summed E-state index contributed by atoms with van der Waals surface area (Å²) in [5.41, 5.74) is 14.4. The predicted octanol–water partition coefficient (Wildman–Crippen LogP) is 3.05. The number of imidazole rings is 1. The van der Waals surface area contributed by atoms with Crippen LogP contribution in [-0.4, -0.2) is 51.7 Å². The number of benzene rings is 2. The van der Waals surface area contributed by atoms with Crippen LogP contribution in [0.1, 0.15) is 41.2 Å². The van der Waals surface area contributed by atoms with E-state index in [1.165, 1.54) is 12.5 Å². The second-order valence-electron chi connectivity index (χ2n) is 7.32. The highest BCUT2D eigenvalue weighted by Crippen LogP contribution is 2.13. The summed E-state index contributed by atoms with van der Waals surface area (Å²) in [6.45, 7) is 8.80. The summed E-state index contributed by atoms with van der Waals surface area (Å²) >= 11 is 0. The Morgan fingerprint density at radius 2 is 1.67 bits per heavy atom. The lowest BCUT2D eigenvalue weighted by atomic mass is 10.1. The Bertz CT molecular complexity index is 1130. The van der Waals surface area contributed by atoms with E-state index in [1.54, 1.807) is 23.2 Å². The molecule has 9 nitrogen and oxygen atoms in total. The number of aryl methyl sites for hydroxylation is 2. The number of carbonyl (C=O) groups is 2. The number of aliphatic hydroxyl groups is 1. The van der Waals surface area contributed by atoms with Crippen molar-refractivity contribution in [1.29, 1.82) is 0 Å². The maximum atomic E-state index is 10.8. The lowest BCUT2D eigenvalue weighted by Gasteiger charge is -2.10. The number of nitrogens with zero attached hydrogens (tertiary/aromatic N) is 3. The van der Waals surface area contributed by atoms with Crippen LogP contribution in [0.25, 0.3) is 11.0 Å². The number of hydrogen-bond acceptors (Lipinski definition) is 6. The van der Waals surface area contributed by atoms with Gasteiger partial charge in [-0.05, 0) is 37.1 Å². The van der Waals surface area contributed by atoms with Gasteiger partial charge in [0.2, 0.25) is 11.8 Å². The molecule has 0 saturated carbocycles. The van der Waals surface area contributed by atoms with Crippen LogP contribution in [0.15, 0.2) is 59.9 Å². The molecule has 0 aliphatic heterocycles. The zero-order chi connectivity index (χ0) is 25.1. The molecule has 176 valence electrons. The van der Waals surface area contributed by atoms with Gasteiger partial charge in [0, 0.05) is 32.1 Å². The first kappa shape index (κ1) is 26.9. The smallest absolute Gasteiger partial charge is 0.248 e. The minimum Gasteiger partial charge on any atom is -0.506 e. The van der Waals surface area contributed by atoms with Gasteiger partial charge in [-0.2, -0.15) is 5.10 Å². The molecule has 0 aliphatic rings. The minimum absolute atomic E-state index is 0.0158. The fourth-order valence-electron chi connectivity index (χ4n) is 2.67. The van der Waals surface area contributed by atoms with Crippen LogP contribution in [0.2, 0.25) is 0 Å². The number of nitrogens with two attached hydrogens (primary N) is 2. The monoisotopic (exact) mass is 452 g/mol. The molecule has 33 heavy (non-hydrogen) atoms. The lowest BCUT2D eigenvalue weighted by molar-refractivity contribution is -0.115. The Labute approximate surface area is 193 Å². The van der Waals surface area contributed by atoms with Gasteiger partial charge in [-0.25, -0.2) is 4.98 Å². The molecule has 0 spiro atoms. The molecule has 0 radical (unpaired) electrons. The Kier molecular flexibility index (Phi) is 10.3. The number of aliphatic hydroxyl groups excluding tert-OH is 1. The molecular formula is C24H32N6O3. The number of aromatic nitrogens is 2. The van der Waals surface area contributed by atoms with Gasteiger partial charge in [-0.1, -0.05) is 37.8 Å². The van der Waals surface area contributed by atoms with E-state index in [-0.39, 0.29) is 11.7 Å². The number of primary amides is 2. The summed E-state index contributed by atoms with van der Waals surface area (Å²) in [5.74, 6) is 0.0590. The average Bonchev–Trinajstić information content (AvgIpc) is 3.11. The quantitative estimate of drug-likeness (QED) is 0.266. The highest BCUT2D eigenvalue weighted by Gasteiger charge is 2.07. The molecule has 6 N–H and O–H groups in total. The molecule has 0 fully saturated rings. The van der Waals surface area contributed by atoms with Gasteiger partial charge in [0.25, 0.3) is 0 Å². The zero-order valence-corrected chi connectivity index (χ0v) is 19.7. The van der Waals surface area contributed by atoms with Crippen molar-refractivity contribution in [3.05, 3.63) is 77.3 Å². The molecule has 0 unspecified atom stereocenters. The van der Waals surface area contributed by atoms with Crippen molar-refractivity contribution in [1.82, 2.24) is 15.0 Å². The normalized spacial score (nSPS) is 10.4. The van der Waals surface area contributed by atoms with Crippen LogP contribution < -0.4 is 11.5 Å². The van der Waals surface area contributed by atoms with Gasteiger partial charge in [0.15, 0.2) is 0 Å². The van der Waals surface area contributed by atoms with Crippen molar-refractivity contribution in [3.8, 4) is 0 Å². The number of carbonyl (C=O) groups excluding carboxylic acids is 2. The van der Waals surface area contributed by atoms with Crippen LogP contribution >= 0.6 is 0 Å². The molecule has 3 aromatic rings. The first-order chi connectivity index (χ1) is 15.4. The van der Waals surface area contributed by atoms with Crippen molar-refractivity contribution in [2.24, 2.45) is 16.6 Å². The summed E-state index contributed by atoms with van der Waals surface area (Å²) in [6.07, 6.45) is 1.00. The van der Waals surface area contributed by atoms with Gasteiger partial charge < -0.3 is 26.6 Å². The first-order valence-corrected chi connectivity index (χ1v) is 10.2. The van der Waals surface area contributed by atoms with Gasteiger partial charge in [0.1, 0.15) is 17.3 Å². The number of hydrogen-bond donors (Lipinski definition) is 4. The van der Waals surface area contributed by atoms with Crippen molar-refractivity contribution in [2.45, 2.75) is 27.2 Å². The first-order valence-electron chi connectivity index (χ1n) is 10.2. The average molecular weight is 453 g/mol. The third-order valence-corrected chi connectivity index (χ3v) is 4.09. The zero-order valence-electron chi connectivity index (χ0n) is 19.7. The predicted molar refractivity (Wildman–Crippen MR) is 132 cm³/mol. The molecule has 3 rings (SSSR count). The summed E-state index contributed by atoms with van der Waals surface area (Å²) in [5, 5.41) is 15.3. The van der Waals surface area contributed by atoms with Crippen molar-refractivity contribution in [2.75, 3.05) is 14.1 Å². The van der Waals surface area contributed by atoms with Crippen molar-refractivity contribution < 1.29 is 14.7 Å². The molecule has 0 bridgehead atoms.